The fourth-order valence-electron chi connectivity index (χ4n) is 5.30. The summed E-state index contributed by atoms with van der Waals surface area (Å²) >= 11 is 6.28. The minimum Gasteiger partial charge on any atom is -0.281 e. The van der Waals surface area contributed by atoms with Gasteiger partial charge in [-0.25, -0.2) is 0 Å². The summed E-state index contributed by atoms with van der Waals surface area (Å²) in [5.74, 6) is -0.177. The van der Waals surface area contributed by atoms with Crippen molar-refractivity contribution in [3.05, 3.63) is 120 Å². The SMILES string of the molecule is Cc1cccc(N(C(=O)C2CCC(C(=O)N(c3ccccc3)c3cccc(Cl)c3)CC2)c2ccccc2)c1. The lowest BCUT2D eigenvalue weighted by molar-refractivity contribution is -0.127. The summed E-state index contributed by atoms with van der Waals surface area (Å²) in [7, 11) is 0. The van der Waals surface area contributed by atoms with Crippen LogP contribution in [0.5, 0.6) is 0 Å². The maximum Gasteiger partial charge on any atom is 0.234 e. The molecule has 192 valence electrons. The molecule has 38 heavy (non-hydrogen) atoms. The number of hydrogen-bond acceptors (Lipinski definition) is 2. The number of nitrogens with zero attached hydrogens (tertiary/aromatic N) is 2. The fraction of sp³-hybridized carbons (Fsp3) is 0.212. The Kier molecular flexibility index (Phi) is 7.90. The third-order valence-electron chi connectivity index (χ3n) is 7.22. The van der Waals surface area contributed by atoms with E-state index in [2.05, 4.69) is 0 Å². The first kappa shape index (κ1) is 25.7. The summed E-state index contributed by atoms with van der Waals surface area (Å²) < 4.78 is 0. The number of para-hydroxylation sites is 2. The highest BCUT2D eigenvalue weighted by molar-refractivity contribution is 6.31. The molecule has 0 saturated heterocycles. The Labute approximate surface area is 229 Å². The summed E-state index contributed by atoms with van der Waals surface area (Å²) in [5, 5.41) is 0.586. The van der Waals surface area contributed by atoms with E-state index in [0.29, 0.717) is 30.7 Å². The van der Waals surface area contributed by atoms with E-state index in [1.165, 1.54) is 0 Å². The largest absolute Gasteiger partial charge is 0.281 e. The first-order chi connectivity index (χ1) is 18.5. The molecule has 0 bridgehead atoms. The highest BCUT2D eigenvalue weighted by atomic mass is 35.5. The van der Waals surface area contributed by atoms with E-state index in [1.54, 1.807) is 4.90 Å². The number of anilines is 4. The van der Waals surface area contributed by atoms with E-state index in [9.17, 15) is 9.59 Å². The van der Waals surface area contributed by atoms with Crippen LogP contribution in [0.1, 0.15) is 31.2 Å². The molecule has 1 saturated carbocycles. The molecule has 5 rings (SSSR count). The smallest absolute Gasteiger partial charge is 0.234 e. The van der Waals surface area contributed by atoms with Crippen LogP contribution in [-0.4, -0.2) is 11.8 Å². The van der Waals surface area contributed by atoms with Gasteiger partial charge in [-0.05, 0) is 92.8 Å². The second kappa shape index (κ2) is 11.7. The zero-order chi connectivity index (χ0) is 26.5. The minimum absolute atomic E-state index is 0.0444. The van der Waals surface area contributed by atoms with Gasteiger partial charge >= 0.3 is 0 Å². The molecule has 2 amide bonds. The molecule has 4 aromatic rings. The first-order valence-electron chi connectivity index (χ1n) is 13.1. The maximum absolute atomic E-state index is 13.9. The van der Waals surface area contributed by atoms with Crippen LogP contribution in [0, 0.1) is 18.8 Å². The molecule has 1 aliphatic carbocycles. The molecular formula is C33H31ClN2O2. The van der Waals surface area contributed by atoms with Gasteiger partial charge in [-0.15, -0.1) is 0 Å². The Bertz CT molecular complexity index is 1290. The second-order valence-electron chi connectivity index (χ2n) is 9.89. The molecule has 0 radical (unpaired) electrons. The van der Waals surface area contributed by atoms with E-state index < -0.39 is 0 Å². The van der Waals surface area contributed by atoms with Crippen LogP contribution in [0.25, 0.3) is 0 Å². The van der Waals surface area contributed by atoms with Crippen molar-refractivity contribution in [2.75, 3.05) is 9.80 Å². The number of aryl methyl sites for hydroxylation is 1. The van der Waals surface area contributed by atoms with E-state index in [1.807, 2.05) is 121 Å². The fourth-order valence-corrected chi connectivity index (χ4v) is 5.48. The molecule has 0 N–H and O–H groups in total. The van der Waals surface area contributed by atoms with E-state index >= 15 is 0 Å². The van der Waals surface area contributed by atoms with Crippen LogP contribution in [0.4, 0.5) is 22.7 Å². The number of benzene rings is 4. The van der Waals surface area contributed by atoms with Gasteiger partial charge < -0.3 is 0 Å². The van der Waals surface area contributed by atoms with E-state index in [-0.39, 0.29) is 23.7 Å². The summed E-state index contributed by atoms with van der Waals surface area (Å²) in [6.07, 6.45) is 2.66. The third kappa shape index (κ3) is 5.66. The number of carbonyl (C=O) groups excluding carboxylic acids is 2. The molecular weight excluding hydrogens is 492 g/mol. The lowest BCUT2D eigenvalue weighted by atomic mass is 9.80. The Balaban J connectivity index is 1.35. The summed E-state index contributed by atoms with van der Waals surface area (Å²) in [4.78, 5) is 31.4. The summed E-state index contributed by atoms with van der Waals surface area (Å²) in [5.41, 5.74) is 4.40. The van der Waals surface area contributed by atoms with Gasteiger partial charge in [-0.3, -0.25) is 19.4 Å². The average Bonchev–Trinajstić information content (AvgIpc) is 2.95. The highest BCUT2D eigenvalue weighted by Gasteiger charge is 2.35. The Morgan fingerprint density at radius 3 is 1.45 bits per heavy atom. The van der Waals surface area contributed by atoms with Crippen molar-refractivity contribution in [2.45, 2.75) is 32.6 Å². The van der Waals surface area contributed by atoms with Crippen molar-refractivity contribution in [3.63, 3.8) is 0 Å². The molecule has 0 heterocycles. The van der Waals surface area contributed by atoms with Gasteiger partial charge in [0.05, 0.1) is 5.69 Å². The molecule has 5 heteroatoms. The molecule has 1 aliphatic rings. The van der Waals surface area contributed by atoms with Crippen molar-refractivity contribution < 1.29 is 9.59 Å². The van der Waals surface area contributed by atoms with Crippen molar-refractivity contribution in [1.29, 1.82) is 0 Å². The standard InChI is InChI=1S/C33H31ClN2O2/c1-24-10-8-16-30(22-24)35(28-12-4-2-5-13-28)32(37)25-18-20-26(21-19-25)33(38)36(29-14-6-3-7-15-29)31-17-9-11-27(34)23-31/h2-17,22-23,25-26H,18-21H2,1H3. The van der Waals surface area contributed by atoms with Crippen molar-refractivity contribution >= 4 is 46.2 Å². The monoisotopic (exact) mass is 522 g/mol. The Hall–Kier alpha value is -3.89. The topological polar surface area (TPSA) is 40.6 Å². The van der Waals surface area contributed by atoms with Crippen molar-refractivity contribution in [1.82, 2.24) is 0 Å². The van der Waals surface area contributed by atoms with Gasteiger partial charge in [-0.2, -0.15) is 0 Å². The summed E-state index contributed by atoms with van der Waals surface area (Å²) in [6.45, 7) is 2.03. The molecule has 0 spiro atoms. The van der Waals surface area contributed by atoms with Gasteiger partial charge in [0, 0.05) is 33.9 Å². The lowest BCUT2D eigenvalue weighted by Gasteiger charge is -2.34. The molecule has 0 unspecified atom stereocenters. The highest BCUT2D eigenvalue weighted by Crippen LogP contribution is 2.38. The van der Waals surface area contributed by atoms with Gasteiger partial charge in [0.2, 0.25) is 11.8 Å². The van der Waals surface area contributed by atoms with E-state index in [0.717, 1.165) is 28.3 Å². The lowest BCUT2D eigenvalue weighted by Crippen LogP contribution is -2.38. The predicted molar refractivity (Wildman–Crippen MR) is 155 cm³/mol. The second-order valence-corrected chi connectivity index (χ2v) is 10.3. The number of halogens is 1. The van der Waals surface area contributed by atoms with Crippen LogP contribution in [0.3, 0.4) is 0 Å². The molecule has 4 aromatic carbocycles. The van der Waals surface area contributed by atoms with Crippen LogP contribution >= 0.6 is 11.6 Å². The summed E-state index contributed by atoms with van der Waals surface area (Å²) in [6, 6.07) is 34.9. The maximum atomic E-state index is 13.9. The van der Waals surface area contributed by atoms with Crippen LogP contribution in [0.15, 0.2) is 109 Å². The van der Waals surface area contributed by atoms with Gasteiger partial charge in [0.25, 0.3) is 0 Å². The number of rotatable bonds is 6. The molecule has 0 aliphatic heterocycles. The predicted octanol–water partition coefficient (Wildman–Crippen LogP) is 8.48. The van der Waals surface area contributed by atoms with Crippen molar-refractivity contribution in [2.24, 2.45) is 11.8 Å². The normalized spacial score (nSPS) is 17.0. The zero-order valence-electron chi connectivity index (χ0n) is 21.5. The first-order valence-corrected chi connectivity index (χ1v) is 13.5. The minimum atomic E-state index is -0.164. The van der Waals surface area contributed by atoms with Crippen LogP contribution in [-0.2, 0) is 9.59 Å². The van der Waals surface area contributed by atoms with Crippen molar-refractivity contribution in [3.8, 4) is 0 Å². The van der Waals surface area contributed by atoms with E-state index in [4.69, 9.17) is 11.6 Å². The number of carbonyl (C=O) groups is 2. The van der Waals surface area contributed by atoms with Gasteiger partial charge in [0.1, 0.15) is 0 Å². The number of hydrogen-bond donors (Lipinski definition) is 0. The third-order valence-corrected chi connectivity index (χ3v) is 7.46. The Morgan fingerprint density at radius 2 is 1.00 bits per heavy atom. The van der Waals surface area contributed by atoms with Gasteiger partial charge in [0.15, 0.2) is 0 Å². The van der Waals surface area contributed by atoms with Crippen LogP contribution in [0.2, 0.25) is 5.02 Å². The zero-order valence-corrected chi connectivity index (χ0v) is 22.2. The van der Waals surface area contributed by atoms with Crippen LogP contribution < -0.4 is 9.80 Å². The Morgan fingerprint density at radius 1 is 0.579 bits per heavy atom. The quantitative estimate of drug-likeness (QED) is 0.255. The number of amides is 2. The average molecular weight is 523 g/mol. The molecule has 4 nitrogen and oxygen atoms in total. The molecule has 0 aromatic heterocycles. The van der Waals surface area contributed by atoms with Gasteiger partial charge in [-0.1, -0.05) is 66.2 Å². The molecule has 0 atom stereocenters. The molecule has 1 fully saturated rings.